The molecule has 2 rings (SSSR count). The fourth-order valence-corrected chi connectivity index (χ4v) is 3.18. The van der Waals surface area contributed by atoms with E-state index in [2.05, 4.69) is 36.9 Å². The first-order chi connectivity index (χ1) is 13.1. The summed E-state index contributed by atoms with van der Waals surface area (Å²) in [5.41, 5.74) is 0.726. The van der Waals surface area contributed by atoms with E-state index in [4.69, 9.17) is 0 Å². The number of nitrogens with one attached hydrogen (secondary N) is 3. The van der Waals surface area contributed by atoms with Crippen molar-refractivity contribution in [2.45, 2.75) is 45.4 Å². The maximum absolute atomic E-state index is 13.8. The molecule has 0 unspecified atom stereocenters. The topological polar surface area (TPSA) is 65.5 Å². The number of halogens is 2. The molecule has 1 saturated carbocycles. The van der Waals surface area contributed by atoms with Crippen LogP contribution in [0.2, 0.25) is 0 Å². The van der Waals surface area contributed by atoms with Crippen LogP contribution in [0.25, 0.3) is 0 Å². The molecular formula is C20H30BrFN4O. The summed E-state index contributed by atoms with van der Waals surface area (Å²) in [5.74, 6) is 1.02. The summed E-state index contributed by atoms with van der Waals surface area (Å²) >= 11 is 3.27. The molecule has 0 saturated heterocycles. The van der Waals surface area contributed by atoms with Crippen LogP contribution in [-0.4, -0.2) is 38.0 Å². The van der Waals surface area contributed by atoms with Gasteiger partial charge in [-0.05, 0) is 56.7 Å². The van der Waals surface area contributed by atoms with Crippen molar-refractivity contribution in [1.29, 1.82) is 0 Å². The molecule has 0 atom stereocenters. The second-order valence-electron chi connectivity index (χ2n) is 6.80. The summed E-state index contributed by atoms with van der Waals surface area (Å²) in [7, 11) is 0. The molecule has 1 aliphatic carbocycles. The summed E-state index contributed by atoms with van der Waals surface area (Å²) in [6.07, 6.45) is 5.55. The van der Waals surface area contributed by atoms with Crippen molar-refractivity contribution in [1.82, 2.24) is 16.0 Å². The van der Waals surface area contributed by atoms with Gasteiger partial charge < -0.3 is 16.0 Å². The monoisotopic (exact) mass is 440 g/mol. The largest absolute Gasteiger partial charge is 0.357 e. The van der Waals surface area contributed by atoms with Gasteiger partial charge in [-0.3, -0.25) is 9.79 Å². The van der Waals surface area contributed by atoms with Crippen LogP contribution in [0, 0.1) is 11.7 Å². The van der Waals surface area contributed by atoms with Crippen LogP contribution >= 0.6 is 15.9 Å². The van der Waals surface area contributed by atoms with Gasteiger partial charge in [0.05, 0.1) is 0 Å². The number of aliphatic imine (C=N–C) groups is 1. The lowest BCUT2D eigenvalue weighted by Gasteiger charge is -2.23. The quantitative estimate of drug-likeness (QED) is 0.296. The van der Waals surface area contributed by atoms with Crippen LogP contribution in [-0.2, 0) is 11.2 Å². The molecule has 7 heteroatoms. The third-order valence-electron chi connectivity index (χ3n) is 4.65. The Labute approximate surface area is 169 Å². The molecule has 0 radical (unpaired) electrons. The van der Waals surface area contributed by atoms with E-state index in [1.165, 1.54) is 12.5 Å². The van der Waals surface area contributed by atoms with Gasteiger partial charge in [0.15, 0.2) is 5.96 Å². The second-order valence-corrected chi connectivity index (χ2v) is 7.71. The van der Waals surface area contributed by atoms with E-state index < -0.39 is 0 Å². The number of guanidine groups is 1. The first-order valence-electron chi connectivity index (χ1n) is 9.84. The van der Waals surface area contributed by atoms with Crippen molar-refractivity contribution < 1.29 is 9.18 Å². The SMILES string of the molecule is CCNC(=NCCCNC(=O)C1CCC1)NCCCc1ccc(Br)cc1F. The number of aryl methyl sites for hydroxylation is 1. The van der Waals surface area contributed by atoms with E-state index in [0.717, 1.165) is 54.8 Å². The average Bonchev–Trinajstić information content (AvgIpc) is 2.58. The normalized spacial score (nSPS) is 14.6. The Bertz CT molecular complexity index is 634. The van der Waals surface area contributed by atoms with Gasteiger partial charge >= 0.3 is 0 Å². The van der Waals surface area contributed by atoms with Gasteiger partial charge in [-0.25, -0.2) is 4.39 Å². The Balaban J connectivity index is 1.63. The predicted molar refractivity (Wildman–Crippen MR) is 111 cm³/mol. The van der Waals surface area contributed by atoms with Crippen LogP contribution in [0.5, 0.6) is 0 Å². The maximum Gasteiger partial charge on any atom is 0.223 e. The summed E-state index contributed by atoms with van der Waals surface area (Å²) in [6, 6.07) is 5.18. The highest BCUT2D eigenvalue weighted by atomic mass is 79.9. The van der Waals surface area contributed by atoms with E-state index in [1.54, 1.807) is 0 Å². The number of hydrogen-bond acceptors (Lipinski definition) is 2. The Morgan fingerprint density at radius 2 is 2.00 bits per heavy atom. The van der Waals surface area contributed by atoms with Crippen molar-refractivity contribution in [3.05, 3.63) is 34.1 Å². The summed E-state index contributed by atoms with van der Waals surface area (Å²) in [5, 5.41) is 9.47. The lowest BCUT2D eigenvalue weighted by atomic mass is 9.85. The molecule has 1 aliphatic rings. The van der Waals surface area contributed by atoms with Gasteiger partial charge in [0.25, 0.3) is 0 Å². The standard InChI is InChI=1S/C20H30BrFN4O/c1-2-23-20(26-13-5-12-24-19(27)16-6-3-7-16)25-11-4-8-15-9-10-17(21)14-18(15)22/h9-10,14,16H,2-8,11-13H2,1H3,(H,24,27)(H2,23,25,26). The third kappa shape index (κ3) is 7.87. The molecular weight excluding hydrogens is 411 g/mol. The number of nitrogens with zero attached hydrogens (tertiary/aromatic N) is 1. The number of benzene rings is 1. The number of rotatable bonds is 10. The first kappa shape index (κ1) is 21.7. The van der Waals surface area contributed by atoms with Crippen LogP contribution in [0.3, 0.4) is 0 Å². The third-order valence-corrected chi connectivity index (χ3v) is 5.15. The Kier molecular flexibility index (Phi) is 9.59. The molecule has 0 heterocycles. The molecule has 27 heavy (non-hydrogen) atoms. The molecule has 0 bridgehead atoms. The van der Waals surface area contributed by atoms with Crippen molar-refractivity contribution >= 4 is 27.8 Å². The number of amides is 1. The minimum atomic E-state index is -0.172. The fourth-order valence-electron chi connectivity index (χ4n) is 2.85. The lowest BCUT2D eigenvalue weighted by molar-refractivity contribution is -0.127. The van der Waals surface area contributed by atoms with Gasteiger partial charge in [0.1, 0.15) is 5.82 Å². The van der Waals surface area contributed by atoms with Crippen molar-refractivity contribution in [3.8, 4) is 0 Å². The maximum atomic E-state index is 13.8. The van der Waals surface area contributed by atoms with E-state index in [0.29, 0.717) is 19.5 Å². The van der Waals surface area contributed by atoms with E-state index >= 15 is 0 Å². The molecule has 0 aliphatic heterocycles. The molecule has 1 fully saturated rings. The lowest BCUT2D eigenvalue weighted by Crippen LogP contribution is -2.38. The van der Waals surface area contributed by atoms with Crippen LogP contribution in [0.1, 0.15) is 44.6 Å². The predicted octanol–water partition coefficient (Wildman–Crippen LogP) is 3.38. The van der Waals surface area contributed by atoms with Crippen LogP contribution in [0.4, 0.5) is 4.39 Å². The van der Waals surface area contributed by atoms with E-state index in [1.807, 2.05) is 19.1 Å². The summed E-state index contributed by atoms with van der Waals surface area (Å²) < 4.78 is 14.6. The average molecular weight is 441 g/mol. The smallest absolute Gasteiger partial charge is 0.223 e. The van der Waals surface area contributed by atoms with Crippen molar-refractivity contribution in [2.75, 3.05) is 26.2 Å². The van der Waals surface area contributed by atoms with Gasteiger partial charge in [0.2, 0.25) is 5.91 Å². The Hall–Kier alpha value is -1.63. The highest BCUT2D eigenvalue weighted by Gasteiger charge is 2.24. The summed E-state index contributed by atoms with van der Waals surface area (Å²) in [4.78, 5) is 16.3. The van der Waals surface area contributed by atoms with E-state index in [9.17, 15) is 9.18 Å². The molecule has 5 nitrogen and oxygen atoms in total. The number of carbonyl (C=O) groups is 1. The number of hydrogen-bond donors (Lipinski definition) is 3. The minimum Gasteiger partial charge on any atom is -0.357 e. The molecule has 1 aromatic rings. The number of carbonyl (C=O) groups excluding carboxylic acids is 1. The minimum absolute atomic E-state index is 0.172. The van der Waals surface area contributed by atoms with Crippen LogP contribution < -0.4 is 16.0 Å². The second kappa shape index (κ2) is 12.0. The molecule has 1 aromatic carbocycles. The fraction of sp³-hybridized carbons (Fsp3) is 0.600. The van der Waals surface area contributed by atoms with Crippen molar-refractivity contribution in [2.24, 2.45) is 10.9 Å². The molecule has 3 N–H and O–H groups in total. The van der Waals surface area contributed by atoms with Gasteiger partial charge in [-0.2, -0.15) is 0 Å². The zero-order valence-corrected chi connectivity index (χ0v) is 17.6. The zero-order valence-electron chi connectivity index (χ0n) is 16.0. The highest BCUT2D eigenvalue weighted by Crippen LogP contribution is 2.26. The van der Waals surface area contributed by atoms with E-state index in [-0.39, 0.29) is 17.6 Å². The van der Waals surface area contributed by atoms with Crippen molar-refractivity contribution in [3.63, 3.8) is 0 Å². The first-order valence-corrected chi connectivity index (χ1v) is 10.6. The molecule has 0 aromatic heterocycles. The Morgan fingerprint density at radius 1 is 1.22 bits per heavy atom. The summed E-state index contributed by atoms with van der Waals surface area (Å²) in [6.45, 7) is 4.85. The van der Waals surface area contributed by atoms with Crippen LogP contribution in [0.15, 0.2) is 27.7 Å². The van der Waals surface area contributed by atoms with Gasteiger partial charge in [-0.15, -0.1) is 0 Å². The molecule has 0 spiro atoms. The molecule has 1 amide bonds. The van der Waals surface area contributed by atoms with Gasteiger partial charge in [-0.1, -0.05) is 28.4 Å². The van der Waals surface area contributed by atoms with Gasteiger partial charge in [0, 0.05) is 36.6 Å². The Morgan fingerprint density at radius 3 is 2.67 bits per heavy atom. The highest BCUT2D eigenvalue weighted by molar-refractivity contribution is 9.10. The zero-order chi connectivity index (χ0) is 19.5. The molecule has 150 valence electrons.